The summed E-state index contributed by atoms with van der Waals surface area (Å²) >= 11 is 0. The second-order valence-electron chi connectivity index (χ2n) is 11.3. The van der Waals surface area contributed by atoms with Crippen LogP contribution in [-0.2, 0) is 16.0 Å². The molecule has 0 unspecified atom stereocenters. The van der Waals surface area contributed by atoms with E-state index in [-0.39, 0.29) is 47.4 Å². The van der Waals surface area contributed by atoms with Gasteiger partial charge in [0.25, 0.3) is 11.8 Å². The molecule has 2 aliphatic heterocycles. The molecule has 2 fully saturated rings. The first-order valence-electron chi connectivity index (χ1n) is 15.0. The molecule has 0 saturated carbocycles. The van der Waals surface area contributed by atoms with Crippen LogP contribution in [0.5, 0.6) is 5.75 Å². The fourth-order valence-corrected chi connectivity index (χ4v) is 5.69. The molecule has 242 valence electrons. The first-order valence-corrected chi connectivity index (χ1v) is 15.0. The minimum atomic E-state index is -1.20. The van der Waals surface area contributed by atoms with Crippen molar-refractivity contribution in [2.45, 2.75) is 32.3 Å². The minimum Gasteiger partial charge on any atom is -0.476 e. The van der Waals surface area contributed by atoms with E-state index in [2.05, 4.69) is 15.3 Å². The summed E-state index contributed by atoms with van der Waals surface area (Å²) in [5.74, 6) is -3.46. The maximum Gasteiger partial charge on any atom is 0.291 e. The van der Waals surface area contributed by atoms with Crippen LogP contribution in [0.2, 0.25) is 0 Å². The van der Waals surface area contributed by atoms with E-state index in [1.54, 1.807) is 36.1 Å². The first kappa shape index (κ1) is 32.5. The normalized spacial score (nSPS) is 17.0. The smallest absolute Gasteiger partial charge is 0.291 e. The maximum atomic E-state index is 14.5. The number of nitriles is 1. The van der Waals surface area contributed by atoms with Crippen LogP contribution in [0.15, 0.2) is 36.5 Å². The Morgan fingerprint density at radius 1 is 1.15 bits per heavy atom. The number of nitrogens with two attached hydrogens (primary N) is 1. The number of aromatic amines is 1. The van der Waals surface area contributed by atoms with Gasteiger partial charge in [-0.2, -0.15) is 9.65 Å². The number of rotatable bonds is 9. The topological polar surface area (TPSA) is 167 Å². The van der Waals surface area contributed by atoms with E-state index in [0.717, 1.165) is 0 Å². The Balaban J connectivity index is 1.15. The lowest BCUT2D eigenvalue weighted by atomic mass is 9.94. The van der Waals surface area contributed by atoms with Crippen LogP contribution in [0.25, 0.3) is 0 Å². The van der Waals surface area contributed by atoms with Crippen LogP contribution < -0.4 is 15.8 Å². The second kappa shape index (κ2) is 14.5. The molecule has 1 aromatic heterocycles. The van der Waals surface area contributed by atoms with Crippen molar-refractivity contribution in [3.63, 3.8) is 0 Å². The van der Waals surface area contributed by atoms with Gasteiger partial charge in [-0.15, -0.1) is 0 Å². The van der Waals surface area contributed by atoms with Gasteiger partial charge < -0.3 is 35.3 Å². The predicted molar refractivity (Wildman–Crippen MR) is 162 cm³/mol. The van der Waals surface area contributed by atoms with Gasteiger partial charge in [-0.3, -0.25) is 14.4 Å². The van der Waals surface area contributed by atoms with Crippen molar-refractivity contribution in [2.24, 2.45) is 11.7 Å². The van der Waals surface area contributed by atoms with Crippen molar-refractivity contribution in [1.82, 2.24) is 19.8 Å². The summed E-state index contributed by atoms with van der Waals surface area (Å²) in [7, 11) is 0. The van der Waals surface area contributed by atoms with E-state index in [4.69, 9.17) is 20.5 Å². The molecule has 46 heavy (non-hydrogen) atoms. The van der Waals surface area contributed by atoms with Crippen molar-refractivity contribution in [3.8, 4) is 11.8 Å². The monoisotopic (exact) mass is 635 g/mol. The number of aromatic nitrogens is 2. The van der Waals surface area contributed by atoms with Crippen molar-refractivity contribution < 1.29 is 32.6 Å². The Bertz CT molecular complexity index is 1650. The number of halogens is 2. The molecule has 3 amide bonds. The van der Waals surface area contributed by atoms with Crippen LogP contribution in [0.4, 0.5) is 14.5 Å². The van der Waals surface area contributed by atoms with Crippen LogP contribution in [0.1, 0.15) is 50.6 Å². The number of hydrogen-bond donors (Lipinski definition) is 3. The number of nitrogens with one attached hydrogen (secondary N) is 2. The van der Waals surface area contributed by atoms with Gasteiger partial charge in [0.2, 0.25) is 11.7 Å². The zero-order chi connectivity index (χ0) is 32.8. The first-order chi connectivity index (χ1) is 22.2. The predicted octanol–water partition coefficient (Wildman–Crippen LogP) is 2.78. The summed E-state index contributed by atoms with van der Waals surface area (Å²) in [4.78, 5) is 49.7. The number of anilines is 1. The number of H-pyrrole nitrogens is 1. The van der Waals surface area contributed by atoms with Gasteiger partial charge in [-0.25, -0.2) is 9.37 Å². The number of likely N-dealkylation sites (tertiary alicyclic amines) is 1. The fraction of sp³-hybridized carbons (Fsp3) is 0.406. The van der Waals surface area contributed by atoms with Crippen molar-refractivity contribution in [2.75, 3.05) is 51.3 Å². The van der Waals surface area contributed by atoms with E-state index < -0.39 is 24.1 Å². The third kappa shape index (κ3) is 7.32. The SMILES string of the molecule is Cc1cc(NC(=O)c2ncc(Cc3ccc(OCC#N)c(F)c3F)[nH]2)ccc1C(=O)N1CCC(C(=O)N2CCO[C@H](CN)C2)CC1. The van der Waals surface area contributed by atoms with Crippen LogP contribution in [0, 0.1) is 35.8 Å². The number of hydrogen-bond acceptors (Lipinski definition) is 8. The van der Waals surface area contributed by atoms with Crippen molar-refractivity contribution in [1.29, 1.82) is 5.26 Å². The van der Waals surface area contributed by atoms with Crippen LogP contribution in [0.3, 0.4) is 0 Å². The maximum absolute atomic E-state index is 14.5. The van der Waals surface area contributed by atoms with Crippen LogP contribution >= 0.6 is 0 Å². The van der Waals surface area contributed by atoms with Gasteiger partial charge in [0, 0.05) is 68.2 Å². The third-order valence-electron chi connectivity index (χ3n) is 8.20. The van der Waals surface area contributed by atoms with E-state index in [0.29, 0.717) is 74.7 Å². The zero-order valence-corrected chi connectivity index (χ0v) is 25.4. The number of piperidine rings is 1. The van der Waals surface area contributed by atoms with E-state index in [1.165, 1.54) is 18.3 Å². The quantitative estimate of drug-likeness (QED) is 0.323. The summed E-state index contributed by atoms with van der Waals surface area (Å²) < 4.78 is 39.2. The molecule has 0 spiro atoms. The van der Waals surface area contributed by atoms with E-state index in [1.807, 2.05) is 4.90 Å². The zero-order valence-electron chi connectivity index (χ0n) is 25.4. The summed E-state index contributed by atoms with van der Waals surface area (Å²) in [6.45, 7) is 4.19. The Hall–Kier alpha value is -4.87. The molecule has 2 saturated heterocycles. The molecule has 14 heteroatoms. The Kier molecular flexibility index (Phi) is 10.2. The van der Waals surface area contributed by atoms with Crippen molar-refractivity contribution >= 4 is 23.4 Å². The summed E-state index contributed by atoms with van der Waals surface area (Å²) in [5, 5.41) is 11.3. The highest BCUT2D eigenvalue weighted by Gasteiger charge is 2.33. The molecule has 3 aromatic rings. The summed E-state index contributed by atoms with van der Waals surface area (Å²) in [6.07, 6.45) is 2.31. The largest absolute Gasteiger partial charge is 0.476 e. The minimum absolute atomic E-state index is 0.0156. The molecular weight excluding hydrogens is 600 g/mol. The molecule has 5 rings (SSSR count). The lowest BCUT2D eigenvalue weighted by Gasteiger charge is -2.37. The molecule has 12 nitrogen and oxygen atoms in total. The molecule has 0 radical (unpaired) electrons. The highest BCUT2D eigenvalue weighted by atomic mass is 19.2. The number of nitrogens with zero attached hydrogens (tertiary/aromatic N) is 4. The average Bonchev–Trinajstić information content (AvgIpc) is 3.55. The molecule has 0 aliphatic carbocycles. The van der Waals surface area contributed by atoms with E-state index >= 15 is 0 Å². The Morgan fingerprint density at radius 2 is 1.93 bits per heavy atom. The number of ether oxygens (including phenoxy) is 2. The standard InChI is InChI=1S/C32H35F2N7O5/c1-19-14-22(39-30(42)29-37-17-23(38-29)15-21-2-5-26(46-12-8-35)28(34)27(21)33)3-4-25(19)32(44)40-9-6-20(7-10-40)31(43)41-11-13-45-24(16-36)18-41/h2-5,14,17,20,24H,6-7,9-13,15-16,18,36H2,1H3,(H,37,38)(H,39,42)/t24-/m1/s1. The van der Waals surface area contributed by atoms with Crippen molar-refractivity contribution in [3.05, 3.63) is 76.4 Å². The lowest BCUT2D eigenvalue weighted by molar-refractivity contribution is -0.144. The highest BCUT2D eigenvalue weighted by Crippen LogP contribution is 2.26. The van der Waals surface area contributed by atoms with Gasteiger partial charge in [-0.05, 0) is 55.2 Å². The van der Waals surface area contributed by atoms with Gasteiger partial charge in [0.1, 0.15) is 6.07 Å². The average molecular weight is 636 g/mol. The number of carbonyl (C=O) groups excluding carboxylic acids is 3. The lowest BCUT2D eigenvalue weighted by Crippen LogP contribution is -2.51. The molecule has 3 heterocycles. The number of amides is 3. The summed E-state index contributed by atoms with van der Waals surface area (Å²) in [6, 6.07) is 9.23. The molecule has 1 atom stereocenters. The highest BCUT2D eigenvalue weighted by molar-refractivity contribution is 6.02. The Labute approximate surface area is 264 Å². The van der Waals surface area contributed by atoms with Gasteiger partial charge in [0.05, 0.1) is 12.7 Å². The number of imidazole rings is 1. The number of carbonyl (C=O) groups is 3. The summed E-state index contributed by atoms with van der Waals surface area (Å²) in [5.41, 5.74) is 7.72. The second-order valence-corrected chi connectivity index (χ2v) is 11.3. The van der Waals surface area contributed by atoms with Gasteiger partial charge in [-0.1, -0.05) is 6.07 Å². The molecular formula is C32H35F2N7O5. The number of aryl methyl sites for hydroxylation is 1. The fourth-order valence-electron chi connectivity index (χ4n) is 5.69. The Morgan fingerprint density at radius 3 is 2.65 bits per heavy atom. The van der Waals surface area contributed by atoms with Crippen LogP contribution in [-0.4, -0.2) is 89.5 Å². The molecule has 0 bridgehead atoms. The number of benzene rings is 2. The van der Waals surface area contributed by atoms with E-state index in [9.17, 15) is 23.2 Å². The molecule has 2 aromatic carbocycles. The molecule has 4 N–H and O–H groups in total. The molecule has 2 aliphatic rings. The van der Waals surface area contributed by atoms with Gasteiger partial charge in [0.15, 0.2) is 24.0 Å². The number of morpholine rings is 1. The van der Waals surface area contributed by atoms with Gasteiger partial charge >= 0.3 is 0 Å². The third-order valence-corrected chi connectivity index (χ3v) is 8.20.